The second kappa shape index (κ2) is 9.01. The van der Waals surface area contributed by atoms with Crippen molar-refractivity contribution in [3.63, 3.8) is 0 Å². The fraction of sp³-hybridized carbons (Fsp3) is 0.304. The summed E-state index contributed by atoms with van der Waals surface area (Å²) in [5, 5.41) is 11.9. The van der Waals surface area contributed by atoms with E-state index in [2.05, 4.69) is 15.5 Å². The van der Waals surface area contributed by atoms with E-state index < -0.39 is 0 Å². The minimum Gasteiger partial charge on any atom is -0.326 e. The number of carbonyl (C=O) groups excluding carboxylic acids is 2. The monoisotopic (exact) mass is 438 g/mol. The molecular formula is C23H23FN4O2S. The maximum atomic E-state index is 14.3. The molecule has 1 fully saturated rings. The van der Waals surface area contributed by atoms with Gasteiger partial charge in [-0.15, -0.1) is 10.2 Å². The molecule has 0 saturated heterocycles. The number of nitrogens with one attached hydrogen (secondary N) is 1. The number of ketones is 1. The lowest BCUT2D eigenvalue weighted by Crippen LogP contribution is -2.17. The van der Waals surface area contributed by atoms with E-state index in [1.807, 2.05) is 18.4 Å². The highest BCUT2D eigenvalue weighted by Crippen LogP contribution is 2.41. The van der Waals surface area contributed by atoms with Crippen LogP contribution in [0.4, 0.5) is 10.1 Å². The van der Waals surface area contributed by atoms with Crippen LogP contribution in [-0.4, -0.2) is 32.2 Å². The Bertz CT molecular complexity index is 1110. The van der Waals surface area contributed by atoms with Gasteiger partial charge in [-0.2, -0.15) is 0 Å². The normalized spacial score (nSPS) is 13.4. The van der Waals surface area contributed by atoms with Crippen LogP contribution in [0.15, 0.2) is 53.7 Å². The van der Waals surface area contributed by atoms with Crippen LogP contribution in [0, 0.1) is 11.7 Å². The lowest BCUT2D eigenvalue weighted by Gasteiger charge is -2.10. The van der Waals surface area contributed by atoms with Crippen LogP contribution in [0.5, 0.6) is 0 Å². The van der Waals surface area contributed by atoms with E-state index in [1.165, 1.54) is 17.8 Å². The van der Waals surface area contributed by atoms with Crippen LogP contribution in [0.2, 0.25) is 0 Å². The molecule has 3 aromatic rings. The molecule has 2 aromatic carbocycles. The minimum absolute atomic E-state index is 0.0514. The van der Waals surface area contributed by atoms with Gasteiger partial charge in [0, 0.05) is 23.2 Å². The third-order valence-corrected chi connectivity index (χ3v) is 5.97. The van der Waals surface area contributed by atoms with Gasteiger partial charge in [-0.3, -0.25) is 14.2 Å². The summed E-state index contributed by atoms with van der Waals surface area (Å²) < 4.78 is 16.2. The van der Waals surface area contributed by atoms with E-state index in [4.69, 9.17) is 0 Å². The highest BCUT2D eigenvalue weighted by atomic mass is 32.2. The highest BCUT2D eigenvalue weighted by molar-refractivity contribution is 7.99. The van der Waals surface area contributed by atoms with Crippen LogP contribution >= 0.6 is 11.8 Å². The molecular weight excluding hydrogens is 415 g/mol. The predicted molar refractivity (Wildman–Crippen MR) is 119 cm³/mol. The fourth-order valence-corrected chi connectivity index (χ4v) is 4.00. The van der Waals surface area contributed by atoms with Crippen LogP contribution in [0.1, 0.15) is 43.1 Å². The molecule has 1 heterocycles. The van der Waals surface area contributed by atoms with Crippen molar-refractivity contribution in [1.82, 2.24) is 14.8 Å². The number of hydrogen-bond donors (Lipinski definition) is 1. The molecule has 0 atom stereocenters. The zero-order valence-electron chi connectivity index (χ0n) is 17.3. The highest BCUT2D eigenvalue weighted by Gasteiger charge is 2.31. The molecule has 0 aliphatic heterocycles. The van der Waals surface area contributed by atoms with Crippen molar-refractivity contribution in [2.75, 3.05) is 11.1 Å². The van der Waals surface area contributed by atoms with Crippen LogP contribution in [0.3, 0.4) is 0 Å². The van der Waals surface area contributed by atoms with Gasteiger partial charge in [0.1, 0.15) is 5.82 Å². The molecule has 1 aliphatic rings. The molecule has 1 N–H and O–H groups in total. The van der Waals surface area contributed by atoms with E-state index in [1.54, 1.807) is 42.5 Å². The average Bonchev–Trinajstić information content (AvgIpc) is 3.52. The molecule has 0 radical (unpaired) electrons. The minimum atomic E-state index is -0.339. The summed E-state index contributed by atoms with van der Waals surface area (Å²) in [7, 11) is 0. The van der Waals surface area contributed by atoms with Crippen LogP contribution in [-0.2, 0) is 4.79 Å². The number of hydrogen-bond acceptors (Lipinski definition) is 5. The van der Waals surface area contributed by atoms with Gasteiger partial charge in [0.05, 0.1) is 11.3 Å². The molecule has 1 aromatic heterocycles. The third-order valence-electron chi connectivity index (χ3n) is 5.02. The lowest BCUT2D eigenvalue weighted by molar-refractivity contribution is -0.118. The first kappa shape index (κ1) is 21.2. The Kier molecular flexibility index (Phi) is 6.18. The van der Waals surface area contributed by atoms with Gasteiger partial charge in [-0.25, -0.2) is 4.39 Å². The second-order valence-corrected chi connectivity index (χ2v) is 8.76. The second-order valence-electron chi connectivity index (χ2n) is 7.82. The number of rotatable bonds is 8. The van der Waals surface area contributed by atoms with Gasteiger partial charge in [-0.05, 0) is 49.2 Å². The summed E-state index contributed by atoms with van der Waals surface area (Å²) in [6.07, 6.45) is 1.98. The maximum absolute atomic E-state index is 14.3. The summed E-state index contributed by atoms with van der Waals surface area (Å²) in [4.78, 5) is 24.4. The number of halogens is 1. The molecule has 160 valence electrons. The van der Waals surface area contributed by atoms with Crippen molar-refractivity contribution >= 4 is 29.1 Å². The van der Waals surface area contributed by atoms with Gasteiger partial charge >= 0.3 is 0 Å². The third kappa shape index (κ3) is 4.85. The van der Waals surface area contributed by atoms with Gasteiger partial charge in [0.25, 0.3) is 0 Å². The number of thioether (sulfide) groups is 1. The van der Waals surface area contributed by atoms with Gasteiger partial charge in [0.2, 0.25) is 5.91 Å². The van der Waals surface area contributed by atoms with Crippen molar-refractivity contribution in [2.45, 2.75) is 37.9 Å². The molecule has 31 heavy (non-hydrogen) atoms. The van der Waals surface area contributed by atoms with E-state index in [-0.39, 0.29) is 35.2 Å². The smallest absolute Gasteiger partial charge is 0.226 e. The molecule has 6 nitrogen and oxygen atoms in total. The Morgan fingerprint density at radius 3 is 2.48 bits per heavy atom. The molecule has 1 saturated carbocycles. The molecule has 4 rings (SSSR count). The van der Waals surface area contributed by atoms with E-state index >= 15 is 0 Å². The number of aromatic nitrogens is 3. The average molecular weight is 439 g/mol. The van der Waals surface area contributed by atoms with Crippen LogP contribution < -0.4 is 5.32 Å². The molecule has 1 aliphatic carbocycles. The largest absolute Gasteiger partial charge is 0.326 e. The number of benzene rings is 2. The Morgan fingerprint density at radius 2 is 1.84 bits per heavy atom. The number of anilines is 1. The summed E-state index contributed by atoms with van der Waals surface area (Å²) in [5.41, 5.74) is 1.63. The Labute approximate surface area is 184 Å². The topological polar surface area (TPSA) is 76.9 Å². The molecule has 0 unspecified atom stereocenters. The summed E-state index contributed by atoms with van der Waals surface area (Å²) in [6.45, 7) is 3.64. The standard InChI is InChI=1S/C23H23FN4O2S/c1-14(2)22(30)25-16-9-7-15(8-10-16)20(29)13-31-23-27-26-21(28(23)17-11-12-17)18-5-3-4-6-19(18)24/h3-10,14,17H,11-13H2,1-2H3,(H,25,30). The molecule has 0 spiro atoms. The first-order valence-corrected chi connectivity index (χ1v) is 11.2. The maximum Gasteiger partial charge on any atom is 0.226 e. The van der Waals surface area contributed by atoms with Gasteiger partial charge in [-0.1, -0.05) is 37.7 Å². The number of nitrogens with zero attached hydrogens (tertiary/aromatic N) is 3. The van der Waals surface area contributed by atoms with Crippen molar-refractivity contribution < 1.29 is 14.0 Å². The van der Waals surface area contributed by atoms with Crippen molar-refractivity contribution in [1.29, 1.82) is 0 Å². The van der Waals surface area contributed by atoms with Crippen LogP contribution in [0.25, 0.3) is 11.4 Å². The zero-order chi connectivity index (χ0) is 22.0. The molecule has 8 heteroatoms. The van der Waals surface area contributed by atoms with Gasteiger partial charge < -0.3 is 5.32 Å². The fourth-order valence-electron chi connectivity index (χ4n) is 3.10. The first-order chi connectivity index (χ1) is 14.9. The number of Topliss-reactive ketones (excluding diaryl/α,β-unsaturated/α-hetero) is 1. The van der Waals surface area contributed by atoms with Crippen molar-refractivity contribution in [3.8, 4) is 11.4 Å². The quantitative estimate of drug-likeness (QED) is 0.396. The summed E-state index contributed by atoms with van der Waals surface area (Å²) >= 11 is 1.31. The van der Waals surface area contributed by atoms with E-state index in [9.17, 15) is 14.0 Å². The Morgan fingerprint density at radius 1 is 1.13 bits per heavy atom. The van der Waals surface area contributed by atoms with E-state index in [0.717, 1.165) is 12.8 Å². The summed E-state index contributed by atoms with van der Waals surface area (Å²) in [6, 6.07) is 13.6. The van der Waals surface area contributed by atoms with Crippen molar-refractivity contribution in [3.05, 3.63) is 59.9 Å². The number of carbonyl (C=O) groups is 2. The summed E-state index contributed by atoms with van der Waals surface area (Å²) in [5.74, 6) is 0.120. The Hall–Kier alpha value is -3.00. The first-order valence-electron chi connectivity index (χ1n) is 10.2. The van der Waals surface area contributed by atoms with Gasteiger partial charge in [0.15, 0.2) is 16.8 Å². The van der Waals surface area contributed by atoms with Crippen molar-refractivity contribution in [2.24, 2.45) is 5.92 Å². The number of amides is 1. The molecule has 1 amide bonds. The van der Waals surface area contributed by atoms with E-state index in [0.29, 0.717) is 27.8 Å². The Balaban J connectivity index is 1.45. The lowest BCUT2D eigenvalue weighted by atomic mass is 10.1. The predicted octanol–water partition coefficient (Wildman–Crippen LogP) is 4.99. The zero-order valence-corrected chi connectivity index (χ0v) is 18.2. The molecule has 0 bridgehead atoms. The SMILES string of the molecule is CC(C)C(=O)Nc1ccc(C(=O)CSc2nnc(-c3ccccc3F)n2C2CC2)cc1.